The van der Waals surface area contributed by atoms with Gasteiger partial charge in [0.2, 0.25) is 0 Å². The molecule has 1 aromatic heterocycles. The van der Waals surface area contributed by atoms with Crippen molar-refractivity contribution in [3.63, 3.8) is 0 Å². The monoisotopic (exact) mass is 358 g/mol. The van der Waals surface area contributed by atoms with E-state index in [1.807, 2.05) is 54.6 Å². The summed E-state index contributed by atoms with van der Waals surface area (Å²) in [6.45, 7) is 8.41. The van der Waals surface area contributed by atoms with Crippen molar-refractivity contribution in [1.82, 2.24) is 9.88 Å². The standard InChI is InChI=1S/C23H22N2O2/c1-4-13-25(14-5-2)23(26)20-16-22(17-9-8-10-18(15-17)27-3)24-21-12-7-6-11-19(20)21/h4-12,15-16H,1-2,13-14H2,3H3. The first-order valence-electron chi connectivity index (χ1n) is 8.73. The Labute approximate surface area is 159 Å². The molecule has 3 rings (SSSR count). The zero-order chi connectivity index (χ0) is 19.2. The molecule has 0 aliphatic heterocycles. The molecule has 0 spiro atoms. The number of hydrogen-bond donors (Lipinski definition) is 0. The lowest BCUT2D eigenvalue weighted by Gasteiger charge is -2.20. The molecule has 4 heteroatoms. The second-order valence-electron chi connectivity index (χ2n) is 6.09. The maximum Gasteiger partial charge on any atom is 0.255 e. The van der Waals surface area contributed by atoms with Crippen LogP contribution in [0.3, 0.4) is 0 Å². The molecule has 0 saturated heterocycles. The molecule has 3 aromatic rings. The second kappa shape index (κ2) is 8.32. The number of rotatable bonds is 7. The number of carbonyl (C=O) groups excluding carboxylic acids is 1. The first-order chi connectivity index (χ1) is 13.2. The third kappa shape index (κ3) is 3.90. The lowest BCUT2D eigenvalue weighted by molar-refractivity contribution is 0.0793. The lowest BCUT2D eigenvalue weighted by Crippen LogP contribution is -2.31. The van der Waals surface area contributed by atoms with E-state index >= 15 is 0 Å². The Morgan fingerprint density at radius 1 is 1.07 bits per heavy atom. The third-order valence-electron chi connectivity index (χ3n) is 4.30. The van der Waals surface area contributed by atoms with Crippen LogP contribution in [0.1, 0.15) is 10.4 Å². The van der Waals surface area contributed by atoms with E-state index < -0.39 is 0 Å². The van der Waals surface area contributed by atoms with Crippen LogP contribution in [0.4, 0.5) is 0 Å². The van der Waals surface area contributed by atoms with Gasteiger partial charge in [-0.3, -0.25) is 4.79 Å². The number of amides is 1. The number of benzene rings is 2. The SMILES string of the molecule is C=CCN(CC=C)C(=O)c1cc(-c2cccc(OC)c2)nc2ccccc12. The number of pyridine rings is 1. The number of hydrogen-bond acceptors (Lipinski definition) is 3. The van der Waals surface area contributed by atoms with Crippen LogP contribution in [0.15, 0.2) is 79.9 Å². The molecular weight excluding hydrogens is 336 g/mol. The van der Waals surface area contributed by atoms with Gasteiger partial charge in [-0.15, -0.1) is 13.2 Å². The van der Waals surface area contributed by atoms with Crippen molar-refractivity contribution in [2.75, 3.05) is 20.2 Å². The fraction of sp³-hybridized carbons (Fsp3) is 0.130. The number of fused-ring (bicyclic) bond motifs is 1. The van der Waals surface area contributed by atoms with Crippen molar-refractivity contribution < 1.29 is 9.53 Å². The summed E-state index contributed by atoms with van der Waals surface area (Å²) < 4.78 is 5.32. The van der Waals surface area contributed by atoms with E-state index in [0.717, 1.165) is 27.9 Å². The van der Waals surface area contributed by atoms with E-state index in [9.17, 15) is 4.79 Å². The molecule has 0 aliphatic rings. The zero-order valence-corrected chi connectivity index (χ0v) is 15.4. The number of carbonyl (C=O) groups is 1. The van der Waals surface area contributed by atoms with Crippen LogP contribution in [0.2, 0.25) is 0 Å². The summed E-state index contributed by atoms with van der Waals surface area (Å²) in [5.41, 5.74) is 3.02. The predicted octanol–water partition coefficient (Wildman–Crippen LogP) is 4.72. The van der Waals surface area contributed by atoms with E-state index in [4.69, 9.17) is 9.72 Å². The van der Waals surface area contributed by atoms with E-state index in [1.165, 1.54) is 0 Å². The summed E-state index contributed by atoms with van der Waals surface area (Å²) in [5, 5.41) is 0.826. The summed E-state index contributed by atoms with van der Waals surface area (Å²) >= 11 is 0. The van der Waals surface area contributed by atoms with Gasteiger partial charge in [-0.2, -0.15) is 0 Å². The van der Waals surface area contributed by atoms with Gasteiger partial charge in [-0.25, -0.2) is 4.98 Å². The highest BCUT2D eigenvalue weighted by atomic mass is 16.5. The second-order valence-corrected chi connectivity index (χ2v) is 6.09. The summed E-state index contributed by atoms with van der Waals surface area (Å²) in [5.74, 6) is 0.674. The molecule has 0 unspecified atom stereocenters. The number of para-hydroxylation sites is 1. The molecule has 2 aromatic carbocycles. The van der Waals surface area contributed by atoms with E-state index in [2.05, 4.69) is 13.2 Å². The molecule has 0 N–H and O–H groups in total. The molecular formula is C23H22N2O2. The minimum absolute atomic E-state index is 0.0717. The molecule has 0 saturated carbocycles. The first-order valence-corrected chi connectivity index (χ1v) is 8.73. The zero-order valence-electron chi connectivity index (χ0n) is 15.4. The number of ether oxygens (including phenoxy) is 1. The molecule has 0 radical (unpaired) electrons. The largest absolute Gasteiger partial charge is 0.497 e. The Bertz CT molecular complexity index is 985. The number of nitrogens with zero attached hydrogens (tertiary/aromatic N) is 2. The average molecular weight is 358 g/mol. The average Bonchev–Trinajstić information content (AvgIpc) is 2.72. The minimum Gasteiger partial charge on any atom is -0.497 e. The maximum absolute atomic E-state index is 13.2. The normalized spacial score (nSPS) is 10.4. The van der Waals surface area contributed by atoms with Crippen LogP contribution >= 0.6 is 0 Å². The van der Waals surface area contributed by atoms with Gasteiger partial charge in [0.1, 0.15) is 5.75 Å². The molecule has 0 aliphatic carbocycles. The van der Waals surface area contributed by atoms with E-state index in [1.54, 1.807) is 24.2 Å². The molecule has 1 heterocycles. The molecule has 0 atom stereocenters. The molecule has 27 heavy (non-hydrogen) atoms. The minimum atomic E-state index is -0.0717. The van der Waals surface area contributed by atoms with Crippen molar-refractivity contribution in [2.45, 2.75) is 0 Å². The first kappa shape index (κ1) is 18.4. The predicted molar refractivity (Wildman–Crippen MR) is 110 cm³/mol. The molecule has 0 bridgehead atoms. The van der Waals surface area contributed by atoms with Gasteiger partial charge >= 0.3 is 0 Å². The summed E-state index contributed by atoms with van der Waals surface area (Å²) in [6.07, 6.45) is 3.43. The van der Waals surface area contributed by atoms with Crippen molar-refractivity contribution in [2.24, 2.45) is 0 Å². The van der Waals surface area contributed by atoms with Crippen LogP contribution in [0, 0.1) is 0 Å². The van der Waals surface area contributed by atoms with Crippen molar-refractivity contribution in [3.8, 4) is 17.0 Å². The Kier molecular flexibility index (Phi) is 5.67. The fourth-order valence-electron chi connectivity index (χ4n) is 3.01. The highest BCUT2D eigenvalue weighted by molar-refractivity contribution is 6.07. The van der Waals surface area contributed by atoms with Gasteiger partial charge < -0.3 is 9.64 Å². The van der Waals surface area contributed by atoms with Gasteiger partial charge in [0, 0.05) is 24.0 Å². The molecule has 136 valence electrons. The molecule has 4 nitrogen and oxygen atoms in total. The Morgan fingerprint density at radius 2 is 1.81 bits per heavy atom. The van der Waals surface area contributed by atoms with Gasteiger partial charge in [0.15, 0.2) is 0 Å². The van der Waals surface area contributed by atoms with Crippen LogP contribution in [0.25, 0.3) is 22.2 Å². The van der Waals surface area contributed by atoms with Gasteiger partial charge in [-0.1, -0.05) is 42.5 Å². The van der Waals surface area contributed by atoms with E-state index in [-0.39, 0.29) is 5.91 Å². The third-order valence-corrected chi connectivity index (χ3v) is 4.30. The Hall–Kier alpha value is -3.40. The van der Waals surface area contributed by atoms with Crippen LogP contribution in [0.5, 0.6) is 5.75 Å². The quantitative estimate of drug-likeness (QED) is 0.574. The fourth-order valence-corrected chi connectivity index (χ4v) is 3.01. The number of methoxy groups -OCH3 is 1. The smallest absolute Gasteiger partial charge is 0.255 e. The maximum atomic E-state index is 13.2. The highest BCUT2D eigenvalue weighted by Gasteiger charge is 2.18. The Balaban J connectivity index is 2.17. The van der Waals surface area contributed by atoms with Crippen molar-refractivity contribution in [3.05, 3.63) is 85.5 Å². The van der Waals surface area contributed by atoms with Crippen molar-refractivity contribution in [1.29, 1.82) is 0 Å². The van der Waals surface area contributed by atoms with Crippen LogP contribution < -0.4 is 4.74 Å². The van der Waals surface area contributed by atoms with Gasteiger partial charge in [-0.05, 0) is 24.3 Å². The summed E-state index contributed by atoms with van der Waals surface area (Å²) in [6, 6.07) is 17.2. The number of aromatic nitrogens is 1. The Morgan fingerprint density at radius 3 is 2.52 bits per heavy atom. The molecule has 1 amide bonds. The van der Waals surface area contributed by atoms with Gasteiger partial charge in [0.25, 0.3) is 5.91 Å². The summed E-state index contributed by atoms with van der Waals surface area (Å²) in [7, 11) is 1.63. The highest BCUT2D eigenvalue weighted by Crippen LogP contribution is 2.28. The molecule has 0 fully saturated rings. The van der Waals surface area contributed by atoms with E-state index in [0.29, 0.717) is 18.7 Å². The lowest BCUT2D eigenvalue weighted by atomic mass is 10.0. The van der Waals surface area contributed by atoms with Crippen LogP contribution in [-0.4, -0.2) is 36.0 Å². The van der Waals surface area contributed by atoms with Crippen LogP contribution in [-0.2, 0) is 0 Å². The topological polar surface area (TPSA) is 42.4 Å². The van der Waals surface area contributed by atoms with Gasteiger partial charge in [0.05, 0.1) is 23.9 Å². The summed E-state index contributed by atoms with van der Waals surface area (Å²) in [4.78, 5) is 19.7. The van der Waals surface area contributed by atoms with Crippen molar-refractivity contribution >= 4 is 16.8 Å².